The number of carboxylic acids is 1. The second kappa shape index (κ2) is 7.42. The van der Waals surface area contributed by atoms with E-state index in [1.54, 1.807) is 19.1 Å². The molecule has 6 heteroatoms. The molecular weight excluding hydrogens is 280 g/mol. The summed E-state index contributed by atoms with van der Waals surface area (Å²) in [5, 5.41) is 29.0. The average Bonchev–Trinajstić information content (AvgIpc) is 2.36. The molecule has 0 aliphatic carbocycles. The van der Waals surface area contributed by atoms with Crippen LogP contribution in [0, 0.1) is 6.92 Å². The Bertz CT molecular complexity index is 500. The highest BCUT2D eigenvalue weighted by molar-refractivity contribution is 8.13. The molecule has 0 heterocycles. The number of aryl methyl sites for hydroxylation is 1. The number of carbonyl (C=O) groups excluding carboxylic acids is 1. The summed E-state index contributed by atoms with van der Waals surface area (Å²) in [4.78, 5) is 21.9. The molecule has 0 saturated heterocycles. The van der Waals surface area contributed by atoms with E-state index < -0.39 is 18.2 Å². The van der Waals surface area contributed by atoms with Crippen LogP contribution in [-0.4, -0.2) is 38.3 Å². The first kappa shape index (κ1) is 16.7. The lowest BCUT2D eigenvalue weighted by Gasteiger charge is -2.20. The van der Waals surface area contributed by atoms with Crippen molar-refractivity contribution in [3.05, 3.63) is 34.9 Å². The van der Waals surface area contributed by atoms with Crippen molar-refractivity contribution >= 4 is 22.8 Å². The van der Waals surface area contributed by atoms with Gasteiger partial charge in [-0.05, 0) is 25.0 Å². The smallest absolute Gasteiger partial charge is 0.336 e. The third-order valence-electron chi connectivity index (χ3n) is 2.84. The van der Waals surface area contributed by atoms with E-state index in [9.17, 15) is 19.8 Å². The number of aliphatic hydroxyl groups is 2. The molecule has 1 aromatic carbocycles. The van der Waals surface area contributed by atoms with Crippen LogP contribution < -0.4 is 0 Å². The third kappa shape index (κ3) is 4.63. The molecule has 1 aromatic rings. The van der Waals surface area contributed by atoms with Crippen LogP contribution in [-0.2, 0) is 4.79 Å². The monoisotopic (exact) mass is 298 g/mol. The largest absolute Gasteiger partial charge is 0.478 e. The zero-order chi connectivity index (χ0) is 15.3. The van der Waals surface area contributed by atoms with Gasteiger partial charge in [-0.25, -0.2) is 4.79 Å². The summed E-state index contributed by atoms with van der Waals surface area (Å²) in [6, 6.07) is 4.60. The molecular formula is C14H18O5S. The van der Waals surface area contributed by atoms with Gasteiger partial charge in [0.2, 0.25) is 0 Å². The second-order valence-electron chi connectivity index (χ2n) is 4.54. The number of thioether (sulfide) groups is 1. The molecule has 0 saturated carbocycles. The van der Waals surface area contributed by atoms with Crippen LogP contribution in [0.25, 0.3) is 0 Å². The number of hydrogen-bond acceptors (Lipinski definition) is 5. The number of hydrogen-bond donors (Lipinski definition) is 3. The molecule has 0 amide bonds. The molecule has 0 radical (unpaired) electrons. The Morgan fingerprint density at radius 2 is 1.95 bits per heavy atom. The van der Waals surface area contributed by atoms with Crippen molar-refractivity contribution in [2.45, 2.75) is 32.5 Å². The number of carboxylic acid groups (broad SMARTS) is 1. The van der Waals surface area contributed by atoms with Crippen LogP contribution in [0.1, 0.15) is 40.9 Å². The topological polar surface area (TPSA) is 94.8 Å². The van der Waals surface area contributed by atoms with Gasteiger partial charge in [-0.15, -0.1) is 0 Å². The number of aliphatic hydroxyl groups excluding tert-OH is 2. The Labute approximate surface area is 121 Å². The molecule has 3 N–H and O–H groups in total. The van der Waals surface area contributed by atoms with Crippen LogP contribution in [0.2, 0.25) is 0 Å². The summed E-state index contributed by atoms with van der Waals surface area (Å²) in [5.41, 5.74) is 0.966. The first-order valence-electron chi connectivity index (χ1n) is 6.16. The molecule has 2 unspecified atom stereocenters. The average molecular weight is 298 g/mol. The van der Waals surface area contributed by atoms with E-state index in [2.05, 4.69) is 0 Å². The van der Waals surface area contributed by atoms with E-state index >= 15 is 0 Å². The van der Waals surface area contributed by atoms with E-state index in [1.807, 2.05) is 0 Å². The maximum absolute atomic E-state index is 11.1. The fourth-order valence-corrected chi connectivity index (χ4v) is 2.46. The van der Waals surface area contributed by atoms with Gasteiger partial charge in [0.1, 0.15) is 6.10 Å². The summed E-state index contributed by atoms with van der Waals surface area (Å²) in [7, 11) is 0. The maximum atomic E-state index is 11.1. The summed E-state index contributed by atoms with van der Waals surface area (Å²) in [5.74, 6) is -0.772. The Balaban J connectivity index is 2.84. The molecule has 0 bridgehead atoms. The molecule has 0 aromatic heterocycles. The fraction of sp³-hybridized carbons (Fsp3) is 0.429. The lowest BCUT2D eigenvalue weighted by atomic mass is 9.95. The maximum Gasteiger partial charge on any atom is 0.336 e. The number of rotatable bonds is 6. The third-order valence-corrected chi connectivity index (χ3v) is 3.69. The SMILES string of the molecule is CC(=O)SCCC(O)C(O)c1cc(C)ccc1C(=O)O. The van der Waals surface area contributed by atoms with Gasteiger partial charge in [0.05, 0.1) is 11.7 Å². The first-order valence-corrected chi connectivity index (χ1v) is 7.14. The highest BCUT2D eigenvalue weighted by atomic mass is 32.2. The van der Waals surface area contributed by atoms with Crippen LogP contribution in [0.15, 0.2) is 18.2 Å². The van der Waals surface area contributed by atoms with Gasteiger partial charge in [0.25, 0.3) is 0 Å². The van der Waals surface area contributed by atoms with Gasteiger partial charge in [-0.3, -0.25) is 4.79 Å². The van der Waals surface area contributed by atoms with E-state index in [0.717, 1.165) is 17.3 Å². The zero-order valence-corrected chi connectivity index (χ0v) is 12.2. The van der Waals surface area contributed by atoms with E-state index in [4.69, 9.17) is 5.11 Å². The minimum atomic E-state index is -1.28. The number of aromatic carboxylic acids is 1. The summed E-state index contributed by atoms with van der Waals surface area (Å²) < 4.78 is 0. The van der Waals surface area contributed by atoms with Gasteiger partial charge >= 0.3 is 5.97 Å². The Hall–Kier alpha value is -1.37. The number of benzene rings is 1. The molecule has 0 spiro atoms. The van der Waals surface area contributed by atoms with Crippen molar-refractivity contribution in [3.8, 4) is 0 Å². The quantitative estimate of drug-likeness (QED) is 0.740. The van der Waals surface area contributed by atoms with Gasteiger partial charge in [-0.1, -0.05) is 29.5 Å². The van der Waals surface area contributed by atoms with Crippen LogP contribution in [0.5, 0.6) is 0 Å². The molecule has 20 heavy (non-hydrogen) atoms. The highest BCUT2D eigenvalue weighted by Gasteiger charge is 2.23. The van der Waals surface area contributed by atoms with Crippen LogP contribution >= 0.6 is 11.8 Å². The van der Waals surface area contributed by atoms with Gasteiger partial charge < -0.3 is 15.3 Å². The van der Waals surface area contributed by atoms with Crippen molar-refractivity contribution in [3.63, 3.8) is 0 Å². The van der Waals surface area contributed by atoms with Crippen molar-refractivity contribution in [2.75, 3.05) is 5.75 Å². The minimum absolute atomic E-state index is 0.0265. The van der Waals surface area contributed by atoms with Crippen molar-refractivity contribution in [2.24, 2.45) is 0 Å². The van der Waals surface area contributed by atoms with Crippen LogP contribution in [0.3, 0.4) is 0 Å². The van der Waals surface area contributed by atoms with Crippen molar-refractivity contribution in [1.29, 1.82) is 0 Å². The first-order chi connectivity index (χ1) is 9.32. The van der Waals surface area contributed by atoms with E-state index in [1.165, 1.54) is 13.0 Å². The van der Waals surface area contributed by atoms with Crippen molar-refractivity contribution < 1.29 is 24.9 Å². The molecule has 1 rings (SSSR count). The van der Waals surface area contributed by atoms with Crippen LogP contribution in [0.4, 0.5) is 0 Å². The normalized spacial score (nSPS) is 13.8. The Morgan fingerprint density at radius 1 is 1.30 bits per heavy atom. The molecule has 110 valence electrons. The second-order valence-corrected chi connectivity index (χ2v) is 5.81. The predicted molar refractivity (Wildman–Crippen MR) is 76.9 cm³/mol. The molecule has 2 atom stereocenters. The summed E-state index contributed by atoms with van der Waals surface area (Å²) in [6.45, 7) is 3.20. The van der Waals surface area contributed by atoms with E-state index in [0.29, 0.717) is 5.75 Å². The summed E-state index contributed by atoms with van der Waals surface area (Å²) >= 11 is 1.06. The predicted octanol–water partition coefficient (Wildman–Crippen LogP) is 1.76. The Kier molecular flexibility index (Phi) is 6.19. The zero-order valence-electron chi connectivity index (χ0n) is 11.4. The summed E-state index contributed by atoms with van der Waals surface area (Å²) in [6.07, 6.45) is -2.19. The molecule has 0 fully saturated rings. The van der Waals surface area contributed by atoms with Gasteiger partial charge in [-0.2, -0.15) is 0 Å². The molecule has 5 nitrogen and oxygen atoms in total. The lowest BCUT2D eigenvalue weighted by molar-refractivity contribution is -0.109. The highest BCUT2D eigenvalue weighted by Crippen LogP contribution is 2.25. The van der Waals surface area contributed by atoms with Gasteiger partial charge in [0, 0.05) is 12.7 Å². The standard InChI is InChI=1S/C14H18O5S/c1-8-3-4-10(14(18)19)11(7-8)13(17)12(16)5-6-20-9(2)15/h3-4,7,12-13,16-17H,5-6H2,1-2H3,(H,18,19). The lowest BCUT2D eigenvalue weighted by Crippen LogP contribution is -2.21. The molecule has 0 aliphatic rings. The van der Waals surface area contributed by atoms with Gasteiger partial charge in [0.15, 0.2) is 5.12 Å². The van der Waals surface area contributed by atoms with E-state index in [-0.39, 0.29) is 22.7 Å². The Morgan fingerprint density at radius 3 is 2.50 bits per heavy atom. The fourth-order valence-electron chi connectivity index (χ4n) is 1.81. The van der Waals surface area contributed by atoms with Crippen molar-refractivity contribution in [1.82, 2.24) is 0 Å². The molecule has 0 aliphatic heterocycles. The minimum Gasteiger partial charge on any atom is -0.478 e. The number of carbonyl (C=O) groups is 2.